The number of unbranched alkanes of at least 4 members (excludes halogenated alkanes) is 2. The van der Waals surface area contributed by atoms with Crippen LogP contribution in [0.25, 0.3) is 0 Å². The number of nitrogens with one attached hydrogen (secondary N) is 1. The van der Waals surface area contributed by atoms with Crippen LogP contribution in [0.3, 0.4) is 0 Å². The van der Waals surface area contributed by atoms with E-state index < -0.39 is 0 Å². The standard InChI is InChI=1S/C21H28FN5O/c1-3-4-7-10-23-20-15-18(24-16(2)25-20)21(28)27-13-11-26(12-14-27)19-9-6-5-8-17(19)22/h5-6,8-9,15H,3-4,7,10-14H2,1-2H3,(H,23,24,25). The molecule has 1 fully saturated rings. The first-order valence-electron chi connectivity index (χ1n) is 9.97. The molecule has 150 valence electrons. The first kappa shape index (κ1) is 20.0. The summed E-state index contributed by atoms with van der Waals surface area (Å²) < 4.78 is 14.0. The van der Waals surface area contributed by atoms with Crippen molar-refractivity contribution in [1.29, 1.82) is 0 Å². The van der Waals surface area contributed by atoms with Crippen LogP contribution in [0.2, 0.25) is 0 Å². The molecule has 0 radical (unpaired) electrons. The highest BCUT2D eigenvalue weighted by Crippen LogP contribution is 2.21. The number of halogens is 1. The Hall–Kier alpha value is -2.70. The van der Waals surface area contributed by atoms with Crippen molar-refractivity contribution in [2.75, 3.05) is 42.9 Å². The third kappa shape index (κ3) is 4.97. The number of anilines is 2. The number of carbonyl (C=O) groups excluding carboxylic acids is 1. The molecular formula is C21H28FN5O. The number of rotatable bonds is 7. The fourth-order valence-electron chi connectivity index (χ4n) is 3.38. The lowest BCUT2D eigenvalue weighted by Gasteiger charge is -2.36. The molecule has 1 aromatic carbocycles. The van der Waals surface area contributed by atoms with Crippen molar-refractivity contribution in [3.05, 3.63) is 47.7 Å². The molecule has 0 aliphatic carbocycles. The van der Waals surface area contributed by atoms with Crippen LogP contribution in [0.1, 0.15) is 42.5 Å². The molecule has 6 nitrogen and oxygen atoms in total. The van der Waals surface area contributed by atoms with Crippen LogP contribution < -0.4 is 10.2 Å². The summed E-state index contributed by atoms with van der Waals surface area (Å²) in [4.78, 5) is 25.4. The van der Waals surface area contributed by atoms with Gasteiger partial charge in [0.05, 0.1) is 5.69 Å². The Morgan fingerprint density at radius 2 is 1.89 bits per heavy atom. The molecule has 0 saturated carbocycles. The Balaban J connectivity index is 1.61. The molecule has 1 aliphatic heterocycles. The van der Waals surface area contributed by atoms with Gasteiger partial charge in [0.15, 0.2) is 0 Å². The number of amides is 1. The van der Waals surface area contributed by atoms with Crippen molar-refractivity contribution in [3.63, 3.8) is 0 Å². The van der Waals surface area contributed by atoms with Gasteiger partial charge in [-0.15, -0.1) is 0 Å². The first-order valence-corrected chi connectivity index (χ1v) is 9.97. The van der Waals surface area contributed by atoms with Gasteiger partial charge in [0.1, 0.15) is 23.2 Å². The van der Waals surface area contributed by atoms with Crippen LogP contribution in [-0.4, -0.2) is 53.5 Å². The quantitative estimate of drug-likeness (QED) is 0.740. The maximum absolute atomic E-state index is 14.0. The van der Waals surface area contributed by atoms with Gasteiger partial charge < -0.3 is 15.1 Å². The Labute approximate surface area is 165 Å². The predicted molar refractivity (Wildman–Crippen MR) is 109 cm³/mol. The molecule has 1 aromatic heterocycles. The second-order valence-corrected chi connectivity index (χ2v) is 7.05. The molecule has 1 saturated heterocycles. The zero-order valence-corrected chi connectivity index (χ0v) is 16.6. The average Bonchev–Trinajstić information content (AvgIpc) is 2.71. The third-order valence-electron chi connectivity index (χ3n) is 4.90. The number of aryl methyl sites for hydroxylation is 1. The molecule has 0 unspecified atom stereocenters. The maximum atomic E-state index is 14.0. The van der Waals surface area contributed by atoms with E-state index in [2.05, 4.69) is 22.2 Å². The van der Waals surface area contributed by atoms with E-state index in [9.17, 15) is 9.18 Å². The number of aromatic nitrogens is 2. The van der Waals surface area contributed by atoms with Crippen LogP contribution in [0.15, 0.2) is 30.3 Å². The van der Waals surface area contributed by atoms with Crippen molar-refractivity contribution in [1.82, 2.24) is 14.9 Å². The average molecular weight is 385 g/mol. The van der Waals surface area contributed by atoms with Gasteiger partial charge in [-0.25, -0.2) is 14.4 Å². The van der Waals surface area contributed by atoms with Gasteiger partial charge in [0.25, 0.3) is 5.91 Å². The number of benzene rings is 1. The van der Waals surface area contributed by atoms with E-state index in [1.54, 1.807) is 30.0 Å². The summed E-state index contributed by atoms with van der Waals surface area (Å²) >= 11 is 0. The Morgan fingerprint density at radius 1 is 1.14 bits per heavy atom. The van der Waals surface area contributed by atoms with Crippen molar-refractivity contribution < 1.29 is 9.18 Å². The number of piperazine rings is 1. The van der Waals surface area contributed by atoms with Crippen LogP contribution in [0.5, 0.6) is 0 Å². The number of nitrogens with zero attached hydrogens (tertiary/aromatic N) is 4. The number of hydrogen-bond donors (Lipinski definition) is 1. The summed E-state index contributed by atoms with van der Waals surface area (Å²) in [7, 11) is 0. The predicted octanol–water partition coefficient (Wildman–Crippen LogP) is 3.49. The second-order valence-electron chi connectivity index (χ2n) is 7.05. The van der Waals surface area contributed by atoms with E-state index in [0.717, 1.165) is 25.8 Å². The minimum atomic E-state index is -0.229. The SMILES string of the molecule is CCCCCNc1cc(C(=O)N2CCN(c3ccccc3F)CC2)nc(C)n1. The molecule has 28 heavy (non-hydrogen) atoms. The number of hydrogen-bond acceptors (Lipinski definition) is 5. The van der Waals surface area contributed by atoms with Gasteiger partial charge >= 0.3 is 0 Å². The highest BCUT2D eigenvalue weighted by molar-refractivity contribution is 5.93. The lowest BCUT2D eigenvalue weighted by molar-refractivity contribution is 0.0740. The molecule has 0 spiro atoms. The van der Waals surface area contributed by atoms with E-state index in [4.69, 9.17) is 0 Å². The lowest BCUT2D eigenvalue weighted by Crippen LogP contribution is -2.49. The topological polar surface area (TPSA) is 61.4 Å². The van der Waals surface area contributed by atoms with E-state index >= 15 is 0 Å². The molecule has 0 bridgehead atoms. The van der Waals surface area contributed by atoms with Crippen molar-refractivity contribution in [3.8, 4) is 0 Å². The van der Waals surface area contributed by atoms with Gasteiger partial charge in [0, 0.05) is 38.8 Å². The van der Waals surface area contributed by atoms with Gasteiger partial charge in [-0.05, 0) is 25.5 Å². The van der Waals surface area contributed by atoms with Gasteiger partial charge in [0.2, 0.25) is 0 Å². The molecule has 3 rings (SSSR count). The van der Waals surface area contributed by atoms with Crippen LogP contribution in [0.4, 0.5) is 15.9 Å². The van der Waals surface area contributed by atoms with Crippen LogP contribution in [-0.2, 0) is 0 Å². The molecule has 1 N–H and O–H groups in total. The van der Waals surface area contributed by atoms with Gasteiger partial charge in [-0.3, -0.25) is 4.79 Å². The molecule has 1 amide bonds. The lowest BCUT2D eigenvalue weighted by atomic mass is 10.2. The van der Waals surface area contributed by atoms with Gasteiger partial charge in [-0.1, -0.05) is 31.9 Å². The summed E-state index contributed by atoms with van der Waals surface area (Å²) in [6.07, 6.45) is 3.39. The monoisotopic (exact) mass is 385 g/mol. The number of carbonyl (C=O) groups is 1. The summed E-state index contributed by atoms with van der Waals surface area (Å²) in [5.41, 5.74) is 0.996. The normalized spacial score (nSPS) is 14.2. The second kappa shape index (κ2) is 9.48. The van der Waals surface area contributed by atoms with E-state index in [0.29, 0.717) is 49.2 Å². The minimum absolute atomic E-state index is 0.102. The highest BCUT2D eigenvalue weighted by atomic mass is 19.1. The van der Waals surface area contributed by atoms with E-state index in [-0.39, 0.29) is 11.7 Å². The molecule has 2 heterocycles. The zero-order chi connectivity index (χ0) is 19.9. The largest absolute Gasteiger partial charge is 0.370 e. The molecule has 2 aromatic rings. The molecule has 7 heteroatoms. The fourth-order valence-corrected chi connectivity index (χ4v) is 3.38. The smallest absolute Gasteiger partial charge is 0.272 e. The Kier molecular flexibility index (Phi) is 6.79. The summed E-state index contributed by atoms with van der Waals surface area (Å²) in [5.74, 6) is 0.938. The van der Waals surface area contributed by atoms with Crippen LogP contribution in [0, 0.1) is 12.7 Å². The zero-order valence-electron chi connectivity index (χ0n) is 16.6. The van der Waals surface area contributed by atoms with Crippen molar-refractivity contribution >= 4 is 17.4 Å². The maximum Gasteiger partial charge on any atom is 0.272 e. The molecule has 1 aliphatic rings. The van der Waals surface area contributed by atoms with E-state index in [1.165, 1.54) is 6.07 Å². The minimum Gasteiger partial charge on any atom is -0.370 e. The van der Waals surface area contributed by atoms with Crippen LogP contribution >= 0.6 is 0 Å². The fraction of sp³-hybridized carbons (Fsp3) is 0.476. The summed E-state index contributed by atoms with van der Waals surface area (Å²) in [5, 5.41) is 3.28. The highest BCUT2D eigenvalue weighted by Gasteiger charge is 2.24. The first-order chi connectivity index (χ1) is 13.6. The van der Waals surface area contributed by atoms with Crippen molar-refractivity contribution in [2.45, 2.75) is 33.1 Å². The summed E-state index contributed by atoms with van der Waals surface area (Å²) in [6, 6.07) is 8.48. The Morgan fingerprint density at radius 3 is 2.61 bits per heavy atom. The van der Waals surface area contributed by atoms with Crippen molar-refractivity contribution in [2.24, 2.45) is 0 Å². The number of para-hydroxylation sites is 1. The Bertz CT molecular complexity index is 805. The summed E-state index contributed by atoms with van der Waals surface area (Å²) in [6.45, 7) is 7.06. The van der Waals surface area contributed by atoms with Gasteiger partial charge in [-0.2, -0.15) is 0 Å². The molecule has 0 atom stereocenters. The third-order valence-corrected chi connectivity index (χ3v) is 4.90. The van der Waals surface area contributed by atoms with E-state index in [1.807, 2.05) is 11.0 Å². The molecular weight excluding hydrogens is 357 g/mol.